The van der Waals surface area contributed by atoms with E-state index in [0.717, 1.165) is 41.6 Å². The summed E-state index contributed by atoms with van der Waals surface area (Å²) in [6, 6.07) is 23.8. The number of rotatable bonds is 4. The van der Waals surface area contributed by atoms with Gasteiger partial charge in [0.1, 0.15) is 5.54 Å². The van der Waals surface area contributed by atoms with Crippen LogP contribution in [0.3, 0.4) is 0 Å². The van der Waals surface area contributed by atoms with Crippen LogP contribution in [0.5, 0.6) is 0 Å². The molecule has 6 heteroatoms. The third kappa shape index (κ3) is 3.89. The Labute approximate surface area is 192 Å². The number of carbonyl (C=O) groups is 3. The minimum atomic E-state index is -0.986. The van der Waals surface area contributed by atoms with Crippen LogP contribution in [0.2, 0.25) is 0 Å². The predicted molar refractivity (Wildman–Crippen MR) is 126 cm³/mol. The van der Waals surface area contributed by atoms with Crippen LogP contribution < -0.4 is 10.6 Å². The zero-order chi connectivity index (χ0) is 22.8. The maximum absolute atomic E-state index is 13.6. The van der Waals surface area contributed by atoms with Gasteiger partial charge in [0, 0.05) is 11.3 Å². The van der Waals surface area contributed by atoms with Gasteiger partial charge in [-0.1, -0.05) is 54.6 Å². The third-order valence-electron chi connectivity index (χ3n) is 6.49. The smallest absolute Gasteiger partial charge is 0.322 e. The number of anilines is 1. The third-order valence-corrected chi connectivity index (χ3v) is 6.49. The molecule has 1 saturated heterocycles. The van der Waals surface area contributed by atoms with Gasteiger partial charge in [0.25, 0.3) is 11.8 Å². The zero-order valence-electron chi connectivity index (χ0n) is 18.2. The van der Waals surface area contributed by atoms with Crippen LogP contribution in [0.4, 0.5) is 10.5 Å². The van der Waals surface area contributed by atoms with Gasteiger partial charge in [-0.25, -0.2) is 4.79 Å². The van der Waals surface area contributed by atoms with E-state index in [-0.39, 0.29) is 24.4 Å². The van der Waals surface area contributed by atoms with Crippen LogP contribution in [-0.2, 0) is 23.3 Å². The van der Waals surface area contributed by atoms with Crippen LogP contribution in [0, 0.1) is 0 Å². The average molecular weight is 440 g/mol. The second-order valence-corrected chi connectivity index (χ2v) is 8.61. The van der Waals surface area contributed by atoms with Gasteiger partial charge in [0.2, 0.25) is 0 Å². The molecule has 0 aromatic heterocycles. The largest absolute Gasteiger partial charge is 0.325 e. The second-order valence-electron chi connectivity index (χ2n) is 8.61. The molecular formula is C27H25N3O3. The van der Waals surface area contributed by atoms with Crippen molar-refractivity contribution >= 4 is 23.5 Å². The van der Waals surface area contributed by atoms with Crippen LogP contribution in [0.15, 0.2) is 78.9 Å². The SMILES string of the molecule is O=C(Nc1ccccc1)c1ccc(CN2C(=O)N[C@]3(CCCCc4ccccc43)C2=O)cc1. The Kier molecular flexibility index (Phi) is 5.42. The molecule has 1 heterocycles. The Bertz CT molecular complexity index is 1210. The summed E-state index contributed by atoms with van der Waals surface area (Å²) in [5.41, 5.74) is 3.07. The van der Waals surface area contributed by atoms with Crippen molar-refractivity contribution in [3.05, 3.63) is 101 Å². The summed E-state index contributed by atoms with van der Waals surface area (Å²) in [7, 11) is 0. The molecule has 33 heavy (non-hydrogen) atoms. The number of amides is 4. The van der Waals surface area contributed by atoms with E-state index in [9.17, 15) is 14.4 Å². The molecule has 0 saturated carbocycles. The van der Waals surface area contributed by atoms with E-state index in [1.165, 1.54) is 4.90 Å². The van der Waals surface area contributed by atoms with E-state index >= 15 is 0 Å². The van der Waals surface area contributed by atoms with Crippen molar-refractivity contribution in [3.63, 3.8) is 0 Å². The van der Waals surface area contributed by atoms with E-state index in [1.807, 2.05) is 54.6 Å². The maximum atomic E-state index is 13.6. The summed E-state index contributed by atoms with van der Waals surface area (Å²) < 4.78 is 0. The highest BCUT2D eigenvalue weighted by molar-refractivity contribution is 6.07. The van der Waals surface area contributed by atoms with E-state index in [0.29, 0.717) is 12.0 Å². The van der Waals surface area contributed by atoms with Crippen LogP contribution in [-0.4, -0.2) is 22.7 Å². The van der Waals surface area contributed by atoms with Crippen molar-refractivity contribution in [2.75, 3.05) is 5.32 Å². The molecule has 3 aromatic carbocycles. The van der Waals surface area contributed by atoms with Gasteiger partial charge in [-0.05, 0) is 66.6 Å². The number of nitrogens with zero attached hydrogens (tertiary/aromatic N) is 1. The van der Waals surface area contributed by atoms with E-state index < -0.39 is 5.54 Å². The summed E-state index contributed by atoms with van der Waals surface area (Å²) in [6.07, 6.45) is 3.38. The summed E-state index contributed by atoms with van der Waals surface area (Å²) in [4.78, 5) is 40.2. The number of nitrogens with one attached hydrogen (secondary N) is 2. The molecule has 166 valence electrons. The van der Waals surface area contributed by atoms with E-state index in [2.05, 4.69) is 10.6 Å². The lowest BCUT2D eigenvalue weighted by atomic mass is 9.84. The predicted octanol–water partition coefficient (Wildman–Crippen LogP) is 4.61. The van der Waals surface area contributed by atoms with Gasteiger partial charge in [0.15, 0.2) is 0 Å². The van der Waals surface area contributed by atoms with Crippen LogP contribution in [0.25, 0.3) is 0 Å². The molecule has 1 spiro atoms. The van der Waals surface area contributed by atoms with Gasteiger partial charge < -0.3 is 10.6 Å². The molecule has 1 aliphatic carbocycles. The first-order chi connectivity index (χ1) is 16.1. The van der Waals surface area contributed by atoms with Gasteiger partial charge >= 0.3 is 6.03 Å². The fraction of sp³-hybridized carbons (Fsp3) is 0.222. The molecule has 4 amide bonds. The molecule has 1 fully saturated rings. The van der Waals surface area contributed by atoms with Gasteiger partial charge in [-0.3, -0.25) is 14.5 Å². The topological polar surface area (TPSA) is 78.5 Å². The molecule has 6 nitrogen and oxygen atoms in total. The average Bonchev–Trinajstić information content (AvgIpc) is 2.97. The highest BCUT2D eigenvalue weighted by atomic mass is 16.2. The molecule has 2 aliphatic rings. The Morgan fingerprint density at radius 1 is 0.909 bits per heavy atom. The number of urea groups is 1. The van der Waals surface area contributed by atoms with Gasteiger partial charge in [-0.2, -0.15) is 0 Å². The minimum absolute atomic E-state index is 0.162. The van der Waals surface area contributed by atoms with E-state index in [1.54, 1.807) is 24.3 Å². The first-order valence-corrected chi connectivity index (χ1v) is 11.2. The number of para-hydroxylation sites is 1. The molecule has 1 atom stereocenters. The number of carbonyl (C=O) groups excluding carboxylic acids is 3. The summed E-state index contributed by atoms with van der Waals surface area (Å²) in [5, 5.41) is 5.87. The number of aryl methyl sites for hydroxylation is 1. The van der Waals surface area contributed by atoms with Gasteiger partial charge in [-0.15, -0.1) is 0 Å². The standard InChI is InChI=1S/C27H25N3O3/c31-24(28-22-10-2-1-3-11-22)21-15-13-19(14-16-21)18-30-25(32)27(29-26(30)33)17-7-6-9-20-8-4-5-12-23(20)27/h1-5,8,10-16H,6-7,9,17-18H2,(H,28,31)(H,29,33)/t27-/m0/s1. The van der Waals surface area contributed by atoms with Crippen molar-refractivity contribution in [1.29, 1.82) is 0 Å². The normalized spacial score (nSPS) is 19.7. The van der Waals surface area contributed by atoms with Crippen molar-refractivity contribution in [2.24, 2.45) is 0 Å². The fourth-order valence-corrected chi connectivity index (χ4v) is 4.79. The molecule has 3 aromatic rings. The summed E-state index contributed by atoms with van der Waals surface area (Å²) in [6.45, 7) is 0.162. The van der Waals surface area contributed by atoms with Crippen molar-refractivity contribution in [3.8, 4) is 0 Å². The summed E-state index contributed by atoms with van der Waals surface area (Å²) in [5.74, 6) is -0.412. The van der Waals surface area contributed by atoms with Crippen molar-refractivity contribution < 1.29 is 14.4 Å². The fourth-order valence-electron chi connectivity index (χ4n) is 4.79. The number of hydrogen-bond donors (Lipinski definition) is 2. The quantitative estimate of drug-likeness (QED) is 0.583. The highest BCUT2D eigenvalue weighted by Crippen LogP contribution is 2.39. The lowest BCUT2D eigenvalue weighted by Crippen LogP contribution is -2.44. The maximum Gasteiger partial charge on any atom is 0.325 e. The number of imide groups is 1. The lowest BCUT2D eigenvalue weighted by molar-refractivity contribution is -0.132. The van der Waals surface area contributed by atoms with Crippen molar-refractivity contribution in [2.45, 2.75) is 37.8 Å². The number of hydrogen-bond acceptors (Lipinski definition) is 3. The lowest BCUT2D eigenvalue weighted by Gasteiger charge is -2.27. The summed E-state index contributed by atoms with van der Waals surface area (Å²) >= 11 is 0. The van der Waals surface area contributed by atoms with Gasteiger partial charge in [0.05, 0.1) is 6.54 Å². The Morgan fingerprint density at radius 2 is 1.64 bits per heavy atom. The Morgan fingerprint density at radius 3 is 2.42 bits per heavy atom. The Balaban J connectivity index is 1.33. The molecule has 0 unspecified atom stereocenters. The highest BCUT2D eigenvalue weighted by Gasteiger charge is 2.53. The molecule has 0 bridgehead atoms. The second kappa shape index (κ2) is 8.54. The van der Waals surface area contributed by atoms with Crippen LogP contribution in [0.1, 0.15) is 46.3 Å². The van der Waals surface area contributed by atoms with Crippen LogP contribution >= 0.6 is 0 Å². The molecule has 2 N–H and O–H groups in total. The minimum Gasteiger partial charge on any atom is -0.322 e. The Hall–Kier alpha value is -3.93. The zero-order valence-corrected chi connectivity index (χ0v) is 18.2. The number of benzene rings is 3. The first-order valence-electron chi connectivity index (χ1n) is 11.2. The molecule has 5 rings (SSSR count). The number of fused-ring (bicyclic) bond motifs is 2. The van der Waals surface area contributed by atoms with E-state index in [4.69, 9.17) is 0 Å². The monoisotopic (exact) mass is 439 g/mol. The molecular weight excluding hydrogens is 414 g/mol. The molecule has 0 radical (unpaired) electrons. The first kappa shape index (κ1) is 20.9. The van der Waals surface area contributed by atoms with Crippen molar-refractivity contribution in [1.82, 2.24) is 10.2 Å². The molecule has 1 aliphatic heterocycles.